The lowest BCUT2D eigenvalue weighted by Gasteiger charge is -2.27. The average molecular weight is 480 g/mol. The fraction of sp³-hybridized carbons (Fsp3) is 0.192. The fourth-order valence-corrected chi connectivity index (χ4v) is 5.63. The summed E-state index contributed by atoms with van der Waals surface area (Å²) in [4.78, 5) is 14.2. The Balaban J connectivity index is 1.80. The summed E-state index contributed by atoms with van der Waals surface area (Å²) in [5, 5.41) is 10.8. The van der Waals surface area contributed by atoms with Crippen LogP contribution >= 0.6 is 0 Å². The van der Waals surface area contributed by atoms with Crippen LogP contribution in [0.3, 0.4) is 0 Å². The molecule has 4 rings (SSSR count). The summed E-state index contributed by atoms with van der Waals surface area (Å²) in [6, 6.07) is 20.8. The molecule has 1 atom stereocenters. The van der Waals surface area contributed by atoms with Crippen molar-refractivity contribution < 1.29 is 27.8 Å². The van der Waals surface area contributed by atoms with E-state index in [2.05, 4.69) is 0 Å². The lowest BCUT2D eigenvalue weighted by Crippen LogP contribution is -2.30. The van der Waals surface area contributed by atoms with E-state index >= 15 is 0 Å². The van der Waals surface area contributed by atoms with E-state index < -0.39 is 27.5 Å². The van der Waals surface area contributed by atoms with Crippen molar-refractivity contribution in [2.45, 2.75) is 24.4 Å². The molecule has 0 spiro atoms. The highest BCUT2D eigenvalue weighted by molar-refractivity contribution is 7.95. The fourth-order valence-electron chi connectivity index (χ4n) is 3.97. The number of carbonyl (C=O) groups is 1. The molecule has 0 aromatic heterocycles. The molecule has 0 bridgehead atoms. The quantitative estimate of drug-likeness (QED) is 0.514. The molecule has 0 fully saturated rings. The first kappa shape index (κ1) is 23.4. The zero-order valence-electron chi connectivity index (χ0n) is 18.8. The molecule has 8 heteroatoms. The van der Waals surface area contributed by atoms with E-state index in [0.29, 0.717) is 23.7 Å². The molecule has 7 nitrogen and oxygen atoms in total. The molecule has 0 unspecified atom stereocenters. The maximum absolute atomic E-state index is 13.6. The van der Waals surface area contributed by atoms with Crippen LogP contribution in [-0.4, -0.2) is 38.0 Å². The predicted octanol–water partition coefficient (Wildman–Crippen LogP) is 4.42. The molecule has 3 aromatic carbocycles. The average Bonchev–Trinajstić information content (AvgIpc) is 3.11. The number of hydrogen-bond acceptors (Lipinski definition) is 6. The molecule has 1 N–H and O–H groups in total. The second-order valence-corrected chi connectivity index (χ2v) is 9.63. The SMILES string of the molecule is CCOc1ccc([C@H]2C(S(=O)(=O)c3ccccc3)=C(O)C(=O)N2Cc2ccc(OC)cc2)cc1. The Kier molecular flexibility index (Phi) is 6.61. The first-order chi connectivity index (χ1) is 16.4. The number of aliphatic hydroxyl groups excluding tert-OH is 1. The standard InChI is InChI=1S/C26H25NO6S/c1-3-33-21-15-11-19(12-16-21)23-25(34(30,31)22-7-5-4-6-8-22)24(28)26(29)27(23)17-18-9-13-20(32-2)14-10-18/h4-16,23,28H,3,17H2,1-2H3/t23-/m0/s1. The van der Waals surface area contributed by atoms with E-state index in [1.807, 2.05) is 6.92 Å². The summed E-state index contributed by atoms with van der Waals surface area (Å²) in [6.07, 6.45) is 0. The van der Waals surface area contributed by atoms with E-state index in [-0.39, 0.29) is 16.3 Å². The number of benzene rings is 3. The van der Waals surface area contributed by atoms with E-state index in [1.165, 1.54) is 17.0 Å². The minimum absolute atomic E-state index is 0.00610. The van der Waals surface area contributed by atoms with Crippen LogP contribution in [0.5, 0.6) is 11.5 Å². The Hall–Kier alpha value is -3.78. The van der Waals surface area contributed by atoms with Crippen LogP contribution in [-0.2, 0) is 21.2 Å². The number of carbonyl (C=O) groups excluding carboxylic acids is 1. The first-order valence-electron chi connectivity index (χ1n) is 10.8. The van der Waals surface area contributed by atoms with E-state index in [1.54, 1.807) is 73.8 Å². The van der Waals surface area contributed by atoms with Gasteiger partial charge < -0.3 is 19.5 Å². The Morgan fingerprint density at radius 2 is 1.53 bits per heavy atom. The molecule has 1 aliphatic heterocycles. The van der Waals surface area contributed by atoms with Crippen molar-refractivity contribution in [2.24, 2.45) is 0 Å². The largest absolute Gasteiger partial charge is 0.502 e. The smallest absolute Gasteiger partial charge is 0.290 e. The third-order valence-electron chi connectivity index (χ3n) is 5.62. The molecule has 0 radical (unpaired) electrons. The molecule has 0 aliphatic carbocycles. The normalized spacial score (nSPS) is 16.1. The van der Waals surface area contributed by atoms with Gasteiger partial charge in [0, 0.05) is 6.54 Å². The maximum atomic E-state index is 13.6. The van der Waals surface area contributed by atoms with Crippen LogP contribution in [0.4, 0.5) is 0 Å². The van der Waals surface area contributed by atoms with Crippen LogP contribution in [0.2, 0.25) is 0 Å². The third-order valence-corrected chi connectivity index (χ3v) is 7.51. The van der Waals surface area contributed by atoms with Crippen LogP contribution in [0.15, 0.2) is 94.4 Å². The maximum Gasteiger partial charge on any atom is 0.290 e. The van der Waals surface area contributed by atoms with Crippen molar-refractivity contribution in [3.05, 3.63) is 101 Å². The van der Waals surface area contributed by atoms with Crippen molar-refractivity contribution in [3.63, 3.8) is 0 Å². The molecule has 0 saturated heterocycles. The molecule has 176 valence electrons. The predicted molar refractivity (Wildman–Crippen MR) is 127 cm³/mol. The van der Waals surface area contributed by atoms with Gasteiger partial charge in [-0.05, 0) is 54.4 Å². The molecule has 34 heavy (non-hydrogen) atoms. The number of methoxy groups -OCH3 is 1. The summed E-state index contributed by atoms with van der Waals surface area (Å²) in [7, 11) is -2.60. The van der Waals surface area contributed by atoms with E-state index in [0.717, 1.165) is 5.56 Å². The van der Waals surface area contributed by atoms with Gasteiger partial charge in [-0.1, -0.05) is 42.5 Å². The van der Waals surface area contributed by atoms with Crippen molar-refractivity contribution in [3.8, 4) is 11.5 Å². The van der Waals surface area contributed by atoms with Crippen LogP contribution < -0.4 is 9.47 Å². The number of aliphatic hydroxyl groups is 1. The highest BCUT2D eigenvalue weighted by Gasteiger charge is 2.46. The minimum Gasteiger partial charge on any atom is -0.502 e. The van der Waals surface area contributed by atoms with Crippen molar-refractivity contribution >= 4 is 15.7 Å². The Morgan fingerprint density at radius 1 is 0.912 bits per heavy atom. The molecule has 1 heterocycles. The summed E-state index contributed by atoms with van der Waals surface area (Å²) >= 11 is 0. The van der Waals surface area contributed by atoms with Crippen molar-refractivity contribution in [2.75, 3.05) is 13.7 Å². The number of amides is 1. The zero-order valence-corrected chi connectivity index (χ0v) is 19.7. The second-order valence-electron chi connectivity index (χ2n) is 7.72. The highest BCUT2D eigenvalue weighted by atomic mass is 32.2. The Morgan fingerprint density at radius 3 is 2.12 bits per heavy atom. The summed E-state index contributed by atoms with van der Waals surface area (Å²) < 4.78 is 37.9. The molecule has 3 aromatic rings. The number of nitrogens with zero attached hydrogens (tertiary/aromatic N) is 1. The van der Waals surface area contributed by atoms with Crippen molar-refractivity contribution in [1.82, 2.24) is 4.90 Å². The topological polar surface area (TPSA) is 93.1 Å². The molecule has 1 amide bonds. The van der Waals surface area contributed by atoms with Gasteiger partial charge in [0.1, 0.15) is 16.4 Å². The van der Waals surface area contributed by atoms with Gasteiger partial charge in [0.2, 0.25) is 9.84 Å². The molecule has 1 aliphatic rings. The third kappa shape index (κ3) is 4.36. The first-order valence-corrected chi connectivity index (χ1v) is 12.2. The Bertz CT molecular complexity index is 1300. The van der Waals surface area contributed by atoms with E-state index in [9.17, 15) is 18.3 Å². The Labute approximate surface area is 198 Å². The number of ether oxygens (including phenoxy) is 2. The number of rotatable bonds is 8. The van der Waals surface area contributed by atoms with Gasteiger partial charge in [0.15, 0.2) is 5.76 Å². The summed E-state index contributed by atoms with van der Waals surface area (Å²) in [5.41, 5.74) is 1.31. The second kappa shape index (κ2) is 9.61. The zero-order chi connectivity index (χ0) is 24.3. The van der Waals surface area contributed by atoms with Gasteiger partial charge in [0.05, 0.1) is 24.7 Å². The van der Waals surface area contributed by atoms with Crippen molar-refractivity contribution in [1.29, 1.82) is 0 Å². The van der Waals surface area contributed by atoms with Gasteiger partial charge in [-0.3, -0.25) is 4.79 Å². The highest BCUT2D eigenvalue weighted by Crippen LogP contribution is 2.43. The molecular formula is C26H25NO6S. The van der Waals surface area contributed by atoms with Gasteiger partial charge in [0.25, 0.3) is 5.91 Å². The monoisotopic (exact) mass is 479 g/mol. The van der Waals surface area contributed by atoms with E-state index in [4.69, 9.17) is 9.47 Å². The van der Waals surface area contributed by atoms with Gasteiger partial charge in [-0.2, -0.15) is 0 Å². The van der Waals surface area contributed by atoms with Crippen LogP contribution in [0.25, 0.3) is 0 Å². The van der Waals surface area contributed by atoms with Crippen LogP contribution in [0.1, 0.15) is 24.1 Å². The van der Waals surface area contributed by atoms with Gasteiger partial charge in [-0.25, -0.2) is 8.42 Å². The number of sulfone groups is 1. The summed E-state index contributed by atoms with van der Waals surface area (Å²) in [6.45, 7) is 2.45. The molecular weight excluding hydrogens is 454 g/mol. The van der Waals surface area contributed by atoms with Gasteiger partial charge in [-0.15, -0.1) is 0 Å². The minimum atomic E-state index is -4.16. The van der Waals surface area contributed by atoms with Gasteiger partial charge >= 0.3 is 0 Å². The lowest BCUT2D eigenvalue weighted by atomic mass is 10.1. The summed E-state index contributed by atoms with van der Waals surface area (Å²) in [5.74, 6) is -0.230. The van der Waals surface area contributed by atoms with Crippen LogP contribution in [0, 0.1) is 0 Å². The number of hydrogen-bond donors (Lipinski definition) is 1. The lowest BCUT2D eigenvalue weighted by molar-refractivity contribution is -0.130. The molecule has 0 saturated carbocycles.